The van der Waals surface area contributed by atoms with E-state index in [1.165, 1.54) is 4.31 Å². The Balaban J connectivity index is 2.27. The molecule has 5 heteroatoms. The Labute approximate surface area is 84.6 Å². The van der Waals surface area contributed by atoms with Crippen LogP contribution in [-0.4, -0.2) is 16.7 Å². The monoisotopic (exact) mass is 210 g/mol. The summed E-state index contributed by atoms with van der Waals surface area (Å²) in [6, 6.07) is 7.56. The second-order valence-electron chi connectivity index (χ2n) is 3.15. The van der Waals surface area contributed by atoms with Crippen molar-refractivity contribution in [2.75, 3.05) is 10.8 Å². The molecule has 1 N–H and O–H groups in total. The highest BCUT2D eigenvalue weighted by Crippen LogP contribution is 2.18. The summed E-state index contributed by atoms with van der Waals surface area (Å²) in [5.74, 6) is -0.205. The number of aryl methyl sites for hydroxylation is 1. The minimum atomic E-state index is -1.41. The van der Waals surface area contributed by atoms with Crippen molar-refractivity contribution in [3.05, 3.63) is 29.8 Å². The van der Waals surface area contributed by atoms with Gasteiger partial charge < -0.3 is 0 Å². The fourth-order valence-corrected chi connectivity index (χ4v) is 2.19. The van der Waals surface area contributed by atoms with Crippen molar-refractivity contribution in [1.82, 2.24) is 4.72 Å². The molecule has 1 atom stereocenters. The van der Waals surface area contributed by atoms with Crippen molar-refractivity contribution in [2.45, 2.75) is 6.92 Å². The van der Waals surface area contributed by atoms with E-state index in [0.717, 1.165) is 11.3 Å². The number of anilines is 1. The standard InChI is InChI=1S/C9H10N2O2S/c1-7-2-4-8(5-3-7)11-6-9(12)10-14(11)13/h2-5H,6H2,1H3,(H,10,12). The van der Waals surface area contributed by atoms with Crippen molar-refractivity contribution in [1.29, 1.82) is 0 Å². The smallest absolute Gasteiger partial charge is 0.253 e. The first kappa shape index (κ1) is 9.21. The van der Waals surface area contributed by atoms with E-state index in [1.54, 1.807) is 0 Å². The molecule has 1 aliphatic heterocycles. The summed E-state index contributed by atoms with van der Waals surface area (Å²) in [5.41, 5.74) is 1.94. The van der Waals surface area contributed by atoms with Crippen molar-refractivity contribution in [3.8, 4) is 0 Å². The zero-order valence-corrected chi connectivity index (χ0v) is 8.50. The van der Waals surface area contributed by atoms with E-state index in [0.29, 0.717) is 0 Å². The Morgan fingerprint density at radius 3 is 2.50 bits per heavy atom. The minimum Gasteiger partial charge on any atom is -0.272 e. The molecule has 4 nitrogen and oxygen atoms in total. The van der Waals surface area contributed by atoms with Crippen LogP contribution in [0.2, 0.25) is 0 Å². The molecule has 0 radical (unpaired) electrons. The molecule has 1 aromatic carbocycles. The first-order chi connectivity index (χ1) is 6.66. The first-order valence-electron chi connectivity index (χ1n) is 4.22. The number of hydrogen-bond acceptors (Lipinski definition) is 2. The SMILES string of the molecule is Cc1ccc(N2CC(=O)NS2=O)cc1. The summed E-state index contributed by atoms with van der Waals surface area (Å²) in [7, 11) is 0. The maximum atomic E-state index is 11.4. The number of rotatable bonds is 1. The van der Waals surface area contributed by atoms with E-state index < -0.39 is 11.2 Å². The van der Waals surface area contributed by atoms with Crippen LogP contribution in [0.25, 0.3) is 0 Å². The van der Waals surface area contributed by atoms with E-state index in [2.05, 4.69) is 4.72 Å². The minimum absolute atomic E-state index is 0.162. The lowest BCUT2D eigenvalue weighted by Gasteiger charge is -2.12. The molecule has 2 rings (SSSR count). The van der Waals surface area contributed by atoms with E-state index in [1.807, 2.05) is 31.2 Å². The van der Waals surface area contributed by atoms with E-state index in [-0.39, 0.29) is 12.5 Å². The predicted octanol–water partition coefficient (Wildman–Crippen LogP) is 0.510. The Morgan fingerprint density at radius 2 is 2.00 bits per heavy atom. The lowest BCUT2D eigenvalue weighted by Crippen LogP contribution is -2.22. The van der Waals surface area contributed by atoms with Crippen LogP contribution >= 0.6 is 0 Å². The molecule has 1 unspecified atom stereocenters. The van der Waals surface area contributed by atoms with Gasteiger partial charge in [0.05, 0.1) is 5.69 Å². The average Bonchev–Trinajstić information content (AvgIpc) is 2.47. The highest BCUT2D eigenvalue weighted by atomic mass is 32.2. The molecular formula is C9H10N2O2S. The van der Waals surface area contributed by atoms with Gasteiger partial charge >= 0.3 is 0 Å². The van der Waals surface area contributed by atoms with Gasteiger partial charge in [0.15, 0.2) is 0 Å². The van der Waals surface area contributed by atoms with Crippen LogP contribution in [0.5, 0.6) is 0 Å². The van der Waals surface area contributed by atoms with Gasteiger partial charge in [0, 0.05) is 0 Å². The zero-order valence-electron chi connectivity index (χ0n) is 7.69. The maximum absolute atomic E-state index is 11.4. The van der Waals surface area contributed by atoms with Crippen LogP contribution in [0.15, 0.2) is 24.3 Å². The second kappa shape index (κ2) is 3.42. The van der Waals surface area contributed by atoms with Gasteiger partial charge in [-0.15, -0.1) is 0 Å². The molecule has 1 fully saturated rings. The molecule has 1 amide bonds. The van der Waals surface area contributed by atoms with Gasteiger partial charge in [0.2, 0.25) is 11.2 Å². The molecule has 0 aromatic heterocycles. The molecule has 0 spiro atoms. The third kappa shape index (κ3) is 1.63. The first-order valence-corrected chi connectivity index (χ1v) is 5.33. The van der Waals surface area contributed by atoms with E-state index >= 15 is 0 Å². The van der Waals surface area contributed by atoms with Gasteiger partial charge in [-0.05, 0) is 19.1 Å². The summed E-state index contributed by atoms with van der Waals surface area (Å²) >= 11 is -1.41. The molecule has 0 saturated carbocycles. The fourth-order valence-electron chi connectivity index (χ4n) is 1.27. The number of amides is 1. The fraction of sp³-hybridized carbons (Fsp3) is 0.222. The highest BCUT2D eigenvalue weighted by molar-refractivity contribution is 7.85. The average molecular weight is 210 g/mol. The van der Waals surface area contributed by atoms with Gasteiger partial charge in [0.25, 0.3) is 5.91 Å². The van der Waals surface area contributed by atoms with Crippen LogP contribution in [0.3, 0.4) is 0 Å². The maximum Gasteiger partial charge on any atom is 0.253 e. The summed E-state index contributed by atoms with van der Waals surface area (Å²) < 4.78 is 15.2. The number of benzene rings is 1. The van der Waals surface area contributed by atoms with Gasteiger partial charge in [-0.2, -0.15) is 0 Å². The Hall–Kier alpha value is -1.36. The van der Waals surface area contributed by atoms with Crippen LogP contribution in [0.1, 0.15) is 5.56 Å². The molecule has 1 aromatic rings. The topological polar surface area (TPSA) is 49.4 Å². The van der Waals surface area contributed by atoms with Crippen molar-refractivity contribution >= 4 is 22.8 Å². The molecule has 14 heavy (non-hydrogen) atoms. The molecule has 1 aliphatic rings. The summed E-state index contributed by atoms with van der Waals surface area (Å²) in [5, 5.41) is 0. The van der Waals surface area contributed by atoms with Crippen LogP contribution in [-0.2, 0) is 16.0 Å². The third-order valence-electron chi connectivity index (χ3n) is 2.01. The van der Waals surface area contributed by atoms with Crippen molar-refractivity contribution < 1.29 is 9.00 Å². The summed E-state index contributed by atoms with van der Waals surface area (Å²) in [6.45, 7) is 2.14. The zero-order chi connectivity index (χ0) is 10.1. The third-order valence-corrected chi connectivity index (χ3v) is 3.15. The highest BCUT2D eigenvalue weighted by Gasteiger charge is 2.26. The number of carbonyl (C=O) groups excluding carboxylic acids is 1. The lowest BCUT2D eigenvalue weighted by atomic mass is 10.2. The normalized spacial score (nSPS) is 21.1. The molecule has 1 heterocycles. The lowest BCUT2D eigenvalue weighted by molar-refractivity contribution is -0.117. The summed E-state index contributed by atoms with van der Waals surface area (Å²) in [6.07, 6.45) is 0. The van der Waals surface area contributed by atoms with E-state index in [9.17, 15) is 9.00 Å². The quantitative estimate of drug-likeness (QED) is 0.734. The van der Waals surface area contributed by atoms with Gasteiger partial charge in [-0.25, -0.2) is 4.21 Å². The van der Waals surface area contributed by atoms with Gasteiger partial charge in [0.1, 0.15) is 6.54 Å². The van der Waals surface area contributed by atoms with Crippen LogP contribution < -0.4 is 9.03 Å². The van der Waals surface area contributed by atoms with Crippen molar-refractivity contribution in [2.24, 2.45) is 0 Å². The largest absolute Gasteiger partial charge is 0.272 e. The Morgan fingerprint density at radius 1 is 1.36 bits per heavy atom. The number of carbonyl (C=O) groups is 1. The molecule has 0 aliphatic carbocycles. The van der Waals surface area contributed by atoms with Gasteiger partial charge in [-0.1, -0.05) is 17.7 Å². The molecular weight excluding hydrogens is 200 g/mol. The second-order valence-corrected chi connectivity index (χ2v) is 4.29. The Kier molecular flexibility index (Phi) is 2.25. The van der Waals surface area contributed by atoms with Gasteiger partial charge in [-0.3, -0.25) is 13.8 Å². The number of nitrogens with one attached hydrogen (secondary N) is 1. The van der Waals surface area contributed by atoms with Crippen LogP contribution in [0, 0.1) is 6.92 Å². The molecule has 0 bridgehead atoms. The molecule has 74 valence electrons. The Bertz CT molecular complexity index is 388. The number of hydrogen-bond donors (Lipinski definition) is 1. The summed E-state index contributed by atoms with van der Waals surface area (Å²) in [4.78, 5) is 11.0. The number of nitrogens with zero attached hydrogens (tertiary/aromatic N) is 1. The molecule has 1 saturated heterocycles. The van der Waals surface area contributed by atoms with Crippen LogP contribution in [0.4, 0.5) is 5.69 Å². The predicted molar refractivity (Wildman–Crippen MR) is 54.8 cm³/mol. The van der Waals surface area contributed by atoms with E-state index in [4.69, 9.17) is 0 Å². The van der Waals surface area contributed by atoms with Crippen molar-refractivity contribution in [3.63, 3.8) is 0 Å².